The van der Waals surface area contributed by atoms with Gasteiger partial charge < -0.3 is 20.5 Å². The molecule has 4 N–H and O–H groups in total. The fraction of sp³-hybridized carbons (Fsp3) is 0.111. The summed E-state index contributed by atoms with van der Waals surface area (Å²) in [5.41, 5.74) is 5.05. The molecule has 0 amide bonds. The van der Waals surface area contributed by atoms with Gasteiger partial charge in [0.25, 0.3) is 0 Å². The molecule has 0 saturated heterocycles. The minimum absolute atomic E-state index is 0.0164. The van der Waals surface area contributed by atoms with E-state index in [9.17, 15) is 14.5 Å². The first-order valence-corrected chi connectivity index (χ1v) is 4.21. The van der Waals surface area contributed by atoms with Crippen molar-refractivity contribution in [3.63, 3.8) is 0 Å². The third-order valence-electron chi connectivity index (χ3n) is 2.20. The zero-order valence-electron chi connectivity index (χ0n) is 7.57. The zero-order chi connectivity index (χ0) is 11.0. The van der Waals surface area contributed by atoms with Crippen LogP contribution in [0.5, 0.6) is 5.75 Å². The first kappa shape index (κ1) is 9.83. The van der Waals surface area contributed by atoms with Gasteiger partial charge in [-0.25, -0.2) is 4.39 Å². The van der Waals surface area contributed by atoms with E-state index in [1.54, 1.807) is 0 Å². The molecule has 0 spiro atoms. The van der Waals surface area contributed by atoms with Gasteiger partial charge in [0, 0.05) is 17.1 Å². The predicted octanol–water partition coefficient (Wildman–Crippen LogP) is -0.790. The standard InChI is InChI=1S/C9H7BFNO3/c11-5-1-2-6(13)9-8(5)7(3-4-12)15-10(9)14/h1-2,7,13-14H,12H2/t7-/m1/s1. The Morgan fingerprint density at radius 2 is 2.27 bits per heavy atom. The van der Waals surface area contributed by atoms with Gasteiger partial charge in [0.2, 0.25) is 0 Å². The van der Waals surface area contributed by atoms with Crippen molar-refractivity contribution >= 4 is 12.6 Å². The van der Waals surface area contributed by atoms with Crippen LogP contribution >= 0.6 is 0 Å². The molecule has 1 heterocycles. The highest BCUT2D eigenvalue weighted by molar-refractivity contribution is 6.63. The first-order chi connectivity index (χ1) is 7.15. The average Bonchev–Trinajstić information content (AvgIpc) is 2.51. The van der Waals surface area contributed by atoms with Crippen LogP contribution in [-0.4, -0.2) is 17.2 Å². The number of phenols is 1. The summed E-state index contributed by atoms with van der Waals surface area (Å²) < 4.78 is 18.3. The van der Waals surface area contributed by atoms with E-state index < -0.39 is 19.0 Å². The minimum Gasteiger partial charge on any atom is -0.508 e. The Hall–Kier alpha value is -1.71. The quantitative estimate of drug-likeness (QED) is 0.296. The van der Waals surface area contributed by atoms with Crippen LogP contribution in [-0.2, 0) is 4.65 Å². The Morgan fingerprint density at radius 3 is 2.93 bits per heavy atom. The molecule has 1 aromatic carbocycles. The molecule has 0 unspecified atom stereocenters. The van der Waals surface area contributed by atoms with Crippen molar-refractivity contribution in [3.05, 3.63) is 23.5 Å². The van der Waals surface area contributed by atoms with E-state index in [-0.39, 0.29) is 16.8 Å². The van der Waals surface area contributed by atoms with Crippen molar-refractivity contribution in [2.45, 2.75) is 6.10 Å². The molecule has 1 aliphatic rings. The lowest BCUT2D eigenvalue weighted by atomic mass is 9.78. The van der Waals surface area contributed by atoms with Crippen LogP contribution in [0.2, 0.25) is 0 Å². The lowest BCUT2D eigenvalue weighted by Gasteiger charge is -2.05. The fourth-order valence-electron chi connectivity index (χ4n) is 1.57. The number of hydrogen-bond donors (Lipinski definition) is 3. The van der Waals surface area contributed by atoms with E-state index in [1.807, 2.05) is 0 Å². The molecule has 0 aliphatic carbocycles. The van der Waals surface area contributed by atoms with Crippen molar-refractivity contribution in [1.29, 1.82) is 0 Å². The molecule has 2 rings (SSSR count). The molecular weight excluding hydrogens is 200 g/mol. The lowest BCUT2D eigenvalue weighted by molar-refractivity contribution is 0.238. The first-order valence-electron chi connectivity index (χ1n) is 4.21. The summed E-state index contributed by atoms with van der Waals surface area (Å²) in [6.45, 7) is 0. The third kappa shape index (κ3) is 1.42. The average molecular weight is 207 g/mol. The molecule has 0 radical (unpaired) electrons. The second-order valence-corrected chi connectivity index (χ2v) is 3.05. The monoisotopic (exact) mass is 207 g/mol. The molecule has 0 bridgehead atoms. The number of fused-ring (bicyclic) bond motifs is 1. The molecule has 1 aromatic rings. The van der Waals surface area contributed by atoms with Crippen LogP contribution in [0.25, 0.3) is 0 Å². The Morgan fingerprint density at radius 1 is 1.53 bits per heavy atom. The molecule has 0 aromatic heterocycles. The van der Waals surface area contributed by atoms with E-state index in [1.165, 1.54) is 0 Å². The number of nitrogens with two attached hydrogens (primary N) is 1. The van der Waals surface area contributed by atoms with Gasteiger partial charge in [-0.15, -0.1) is 0 Å². The van der Waals surface area contributed by atoms with E-state index in [0.717, 1.165) is 12.1 Å². The highest BCUT2D eigenvalue weighted by Gasteiger charge is 2.39. The largest absolute Gasteiger partial charge is 0.508 e. The molecule has 76 valence electrons. The lowest BCUT2D eigenvalue weighted by Crippen LogP contribution is -2.28. The maximum Gasteiger partial charge on any atom is 0.496 e. The summed E-state index contributed by atoms with van der Waals surface area (Å²) in [4.78, 5) is 0. The Balaban J connectivity index is 2.62. The van der Waals surface area contributed by atoms with Crippen molar-refractivity contribution in [2.75, 3.05) is 0 Å². The van der Waals surface area contributed by atoms with E-state index >= 15 is 0 Å². The third-order valence-corrected chi connectivity index (χ3v) is 2.20. The molecule has 6 heteroatoms. The Kier molecular flexibility index (Phi) is 2.27. The van der Waals surface area contributed by atoms with Crippen molar-refractivity contribution in [1.82, 2.24) is 0 Å². The van der Waals surface area contributed by atoms with Gasteiger partial charge >= 0.3 is 7.12 Å². The van der Waals surface area contributed by atoms with Crippen LogP contribution in [0.1, 0.15) is 11.7 Å². The second kappa shape index (κ2) is 3.46. The molecule has 0 fully saturated rings. The molecule has 15 heavy (non-hydrogen) atoms. The van der Waals surface area contributed by atoms with Gasteiger partial charge in [-0.1, -0.05) is 0 Å². The van der Waals surface area contributed by atoms with Crippen molar-refractivity contribution in [2.24, 2.45) is 5.73 Å². The number of aromatic hydroxyl groups is 1. The van der Waals surface area contributed by atoms with Crippen LogP contribution in [0, 0.1) is 17.8 Å². The summed E-state index contributed by atoms with van der Waals surface area (Å²) >= 11 is 0. The molecule has 1 atom stereocenters. The smallest absolute Gasteiger partial charge is 0.496 e. The summed E-state index contributed by atoms with van der Waals surface area (Å²) in [5, 5.41) is 18.9. The predicted molar refractivity (Wildman–Crippen MR) is 51.5 cm³/mol. The van der Waals surface area contributed by atoms with Gasteiger partial charge in [-0.2, -0.15) is 0 Å². The van der Waals surface area contributed by atoms with Crippen LogP contribution in [0.3, 0.4) is 0 Å². The maximum atomic E-state index is 13.4. The summed E-state index contributed by atoms with van der Waals surface area (Å²) in [7, 11) is -1.37. The van der Waals surface area contributed by atoms with Gasteiger partial charge in [-0.3, -0.25) is 0 Å². The van der Waals surface area contributed by atoms with E-state index in [2.05, 4.69) is 12.0 Å². The van der Waals surface area contributed by atoms with Gasteiger partial charge in [0.15, 0.2) is 0 Å². The normalized spacial score (nSPS) is 18.3. The van der Waals surface area contributed by atoms with Crippen LogP contribution < -0.4 is 11.2 Å². The van der Waals surface area contributed by atoms with Crippen molar-refractivity contribution < 1.29 is 19.2 Å². The van der Waals surface area contributed by atoms with Gasteiger partial charge in [0.1, 0.15) is 17.7 Å². The number of hydrogen-bond acceptors (Lipinski definition) is 4. The number of halogens is 1. The van der Waals surface area contributed by atoms with Crippen molar-refractivity contribution in [3.8, 4) is 17.7 Å². The molecule has 1 aliphatic heterocycles. The SMILES string of the molecule is NC#C[C@H]1OB(O)c2c(O)ccc(F)c21. The topological polar surface area (TPSA) is 75.7 Å². The van der Waals surface area contributed by atoms with Crippen LogP contribution in [0.4, 0.5) is 4.39 Å². The van der Waals surface area contributed by atoms with E-state index in [0.29, 0.717) is 0 Å². The molecule has 4 nitrogen and oxygen atoms in total. The summed E-state index contributed by atoms with van der Waals surface area (Å²) in [6.07, 6.45) is -0.938. The van der Waals surface area contributed by atoms with Gasteiger partial charge in [0.05, 0.1) is 0 Å². The maximum absolute atomic E-state index is 13.4. The zero-order valence-corrected chi connectivity index (χ0v) is 7.57. The number of phenolic OH excluding ortho intramolecular Hbond substituents is 1. The highest BCUT2D eigenvalue weighted by Crippen LogP contribution is 2.28. The Labute approximate surface area is 85.6 Å². The van der Waals surface area contributed by atoms with E-state index in [4.69, 9.17) is 10.4 Å². The minimum atomic E-state index is -1.37. The Bertz CT molecular complexity index is 468. The highest BCUT2D eigenvalue weighted by atomic mass is 19.1. The second-order valence-electron chi connectivity index (χ2n) is 3.05. The summed E-state index contributed by atoms with van der Waals surface area (Å²) in [6, 6.07) is 4.32. The summed E-state index contributed by atoms with van der Waals surface area (Å²) in [5.74, 6) is 1.58. The number of benzene rings is 1. The van der Waals surface area contributed by atoms with Gasteiger partial charge in [-0.05, 0) is 18.1 Å². The fourth-order valence-corrected chi connectivity index (χ4v) is 1.57. The number of rotatable bonds is 0. The van der Waals surface area contributed by atoms with Crippen LogP contribution in [0.15, 0.2) is 12.1 Å². The molecular formula is C9H7BFNO3. The molecule has 0 saturated carbocycles.